The summed E-state index contributed by atoms with van der Waals surface area (Å²) in [6.07, 6.45) is -4.46. The summed E-state index contributed by atoms with van der Waals surface area (Å²) in [6, 6.07) is 17.1. The molecule has 0 amide bonds. The molecule has 1 aliphatic heterocycles. The summed E-state index contributed by atoms with van der Waals surface area (Å²) in [5.74, 6) is -4.02. The quantitative estimate of drug-likeness (QED) is 0.386. The molecule has 0 spiro atoms. The third kappa shape index (κ3) is 4.92. The molecule has 1 fully saturated rings. The van der Waals surface area contributed by atoms with E-state index in [2.05, 4.69) is 0 Å². The van der Waals surface area contributed by atoms with Crippen LogP contribution in [-0.2, 0) is 14.2 Å². The maximum atomic E-state index is 14.5. The first kappa shape index (κ1) is 20.8. The van der Waals surface area contributed by atoms with Crippen LogP contribution in [0.4, 0.5) is 13.6 Å². The van der Waals surface area contributed by atoms with Crippen LogP contribution in [-0.4, -0.2) is 63.7 Å². The van der Waals surface area contributed by atoms with Crippen molar-refractivity contribution in [1.29, 1.82) is 0 Å². The summed E-state index contributed by atoms with van der Waals surface area (Å²) < 4.78 is 44.6. The van der Waals surface area contributed by atoms with E-state index in [0.717, 1.165) is 3.27 Å². The van der Waals surface area contributed by atoms with Crippen LogP contribution in [0, 0.1) is 0 Å². The van der Waals surface area contributed by atoms with Crippen molar-refractivity contribution in [2.45, 2.75) is 31.2 Å². The first-order valence-electron chi connectivity index (χ1n) is 8.61. The molecule has 0 N–H and O–H groups in total. The SMILES string of the molecule is C[C@@H]1O[C@H](COC(=O)c2ccccc2)C(O[C](=O)[Bi][c]2ccccc2)C1(F)F. The van der Waals surface area contributed by atoms with E-state index in [4.69, 9.17) is 14.2 Å². The third-order valence-corrected chi connectivity index (χ3v) is 7.51. The first-order valence-corrected chi connectivity index (χ1v) is 12.1. The Labute approximate surface area is 172 Å². The second-order valence-corrected chi connectivity index (χ2v) is 10.5. The zero-order valence-electron chi connectivity index (χ0n) is 15.0. The number of hydrogen-bond donors (Lipinski definition) is 0. The van der Waals surface area contributed by atoms with Gasteiger partial charge in [0.05, 0.1) is 0 Å². The first-order chi connectivity index (χ1) is 13.4. The van der Waals surface area contributed by atoms with Gasteiger partial charge in [-0.25, -0.2) is 0 Å². The Kier molecular flexibility index (Phi) is 6.73. The molecule has 1 saturated heterocycles. The fourth-order valence-electron chi connectivity index (χ4n) is 2.74. The van der Waals surface area contributed by atoms with Crippen molar-refractivity contribution < 1.29 is 32.6 Å². The molecule has 0 aliphatic carbocycles. The van der Waals surface area contributed by atoms with Crippen LogP contribution in [0.3, 0.4) is 0 Å². The summed E-state index contributed by atoms with van der Waals surface area (Å²) in [4.78, 5) is 24.3. The summed E-state index contributed by atoms with van der Waals surface area (Å²) in [5, 5.41) is 0. The van der Waals surface area contributed by atoms with Crippen molar-refractivity contribution in [3.63, 3.8) is 0 Å². The molecule has 2 aromatic rings. The van der Waals surface area contributed by atoms with Crippen molar-refractivity contribution in [3.05, 3.63) is 66.2 Å². The van der Waals surface area contributed by atoms with Gasteiger partial charge in [0.1, 0.15) is 0 Å². The van der Waals surface area contributed by atoms with Crippen molar-refractivity contribution in [3.8, 4) is 0 Å². The molecule has 1 aliphatic rings. The fraction of sp³-hybridized carbons (Fsp3) is 0.300. The molecular weight excluding hydrogens is 567 g/mol. The zero-order chi connectivity index (χ0) is 20.1. The molecule has 1 unspecified atom stereocenters. The minimum atomic E-state index is -3.36. The molecule has 8 heteroatoms. The molecule has 3 rings (SSSR count). The van der Waals surface area contributed by atoms with Gasteiger partial charge in [-0.15, -0.1) is 0 Å². The number of ether oxygens (including phenoxy) is 3. The van der Waals surface area contributed by atoms with Crippen LogP contribution in [0.15, 0.2) is 60.7 Å². The van der Waals surface area contributed by atoms with Gasteiger partial charge in [0.15, 0.2) is 0 Å². The summed E-state index contributed by atoms with van der Waals surface area (Å²) in [5.41, 5.74) is 0.299. The zero-order valence-corrected chi connectivity index (χ0v) is 18.4. The van der Waals surface area contributed by atoms with Gasteiger partial charge in [-0.2, -0.15) is 0 Å². The second-order valence-electron chi connectivity index (χ2n) is 6.21. The van der Waals surface area contributed by atoms with Crippen molar-refractivity contribution >= 4 is 36.2 Å². The van der Waals surface area contributed by atoms with Crippen LogP contribution >= 0.6 is 0 Å². The molecule has 1 radical (unpaired) electrons. The van der Waals surface area contributed by atoms with E-state index in [1.165, 1.54) is 6.92 Å². The molecule has 1 heterocycles. The van der Waals surface area contributed by atoms with Gasteiger partial charge in [-0.3, -0.25) is 0 Å². The molecule has 0 saturated carbocycles. The van der Waals surface area contributed by atoms with E-state index in [0.29, 0.717) is 5.56 Å². The summed E-state index contributed by atoms with van der Waals surface area (Å²) in [7, 11) is 0. The van der Waals surface area contributed by atoms with E-state index >= 15 is 0 Å². The summed E-state index contributed by atoms with van der Waals surface area (Å²) in [6.45, 7) is 0.779. The Morgan fingerprint density at radius 2 is 1.68 bits per heavy atom. The number of carbonyl (C=O) groups excluding carboxylic acids is 2. The van der Waals surface area contributed by atoms with Gasteiger partial charge < -0.3 is 0 Å². The molecule has 5 nitrogen and oxygen atoms in total. The molecule has 147 valence electrons. The molecule has 2 aromatic carbocycles. The van der Waals surface area contributed by atoms with Crippen molar-refractivity contribution in [2.75, 3.05) is 6.61 Å². The number of esters is 1. The average Bonchev–Trinajstić information content (AvgIpc) is 2.90. The fourth-order valence-corrected chi connectivity index (χ4v) is 5.46. The Hall–Kier alpha value is -1.92. The Balaban J connectivity index is 1.64. The number of benzene rings is 2. The van der Waals surface area contributed by atoms with E-state index in [1.54, 1.807) is 54.6 Å². The van der Waals surface area contributed by atoms with Gasteiger partial charge in [0.25, 0.3) is 0 Å². The van der Waals surface area contributed by atoms with Gasteiger partial charge in [0, 0.05) is 0 Å². The van der Waals surface area contributed by atoms with Gasteiger partial charge >= 0.3 is 173 Å². The van der Waals surface area contributed by atoms with Gasteiger partial charge in [-0.1, -0.05) is 0 Å². The average molecular weight is 585 g/mol. The number of carbonyl (C=O) groups is 2. The van der Waals surface area contributed by atoms with Crippen LogP contribution in [0.2, 0.25) is 0 Å². The monoisotopic (exact) mass is 585 g/mol. The minimum absolute atomic E-state index is 0.299. The molecule has 28 heavy (non-hydrogen) atoms. The van der Waals surface area contributed by atoms with Crippen molar-refractivity contribution in [1.82, 2.24) is 0 Å². The third-order valence-electron chi connectivity index (χ3n) is 4.23. The van der Waals surface area contributed by atoms with E-state index in [1.807, 2.05) is 6.07 Å². The van der Waals surface area contributed by atoms with Gasteiger partial charge in [0.2, 0.25) is 0 Å². The van der Waals surface area contributed by atoms with Crippen LogP contribution in [0.1, 0.15) is 17.3 Å². The molecule has 0 bridgehead atoms. The normalized spacial score (nSPS) is 23.2. The van der Waals surface area contributed by atoms with E-state index < -0.39 is 63.7 Å². The predicted octanol–water partition coefficient (Wildman–Crippen LogP) is 2.80. The van der Waals surface area contributed by atoms with E-state index in [9.17, 15) is 18.4 Å². The number of halogens is 2. The Bertz CT molecular complexity index is 816. The number of alkyl halides is 2. The van der Waals surface area contributed by atoms with Crippen LogP contribution < -0.4 is 3.27 Å². The van der Waals surface area contributed by atoms with Crippen molar-refractivity contribution in [2.24, 2.45) is 0 Å². The predicted molar refractivity (Wildman–Crippen MR) is 98.1 cm³/mol. The van der Waals surface area contributed by atoms with Crippen LogP contribution in [0.25, 0.3) is 0 Å². The molecular formula is C20H18BiF2O5. The topological polar surface area (TPSA) is 61.8 Å². The standard InChI is InChI=1S/C14H13F2O5.C6H5.Bi/c1-9-14(15,16)12(20-8-17)11(21-9)7-19-13(18)10-5-3-2-4-6-10;1-2-4-6-5-3-1;/h2-6,9,11-12H,7H2,1H3;1-5H;/t9-,11+,12?;;/m0../s1. The Morgan fingerprint density at radius 1 is 1.07 bits per heavy atom. The van der Waals surface area contributed by atoms with E-state index in [-0.39, 0.29) is 0 Å². The maximum absolute atomic E-state index is 14.5. The number of rotatable bonds is 6. The second kappa shape index (κ2) is 9.05. The molecule has 0 aromatic heterocycles. The van der Waals surface area contributed by atoms with Gasteiger partial charge in [-0.05, 0) is 0 Å². The number of hydrogen-bond acceptors (Lipinski definition) is 5. The van der Waals surface area contributed by atoms with Crippen LogP contribution in [0.5, 0.6) is 0 Å². The summed E-state index contributed by atoms with van der Waals surface area (Å²) >= 11 is -1.96. The molecule has 3 atom stereocenters. The Morgan fingerprint density at radius 3 is 2.32 bits per heavy atom.